The number of halogens is 3. The van der Waals surface area contributed by atoms with Crippen LogP contribution in [-0.4, -0.2) is 19.1 Å². The maximum atomic E-state index is 13.6. The minimum atomic E-state index is -0.394. The van der Waals surface area contributed by atoms with E-state index in [1.165, 1.54) is 33.4 Å². The van der Waals surface area contributed by atoms with Crippen LogP contribution >= 0.6 is 15.9 Å². The summed E-state index contributed by atoms with van der Waals surface area (Å²) < 4.78 is 41.7. The number of benzene rings is 3. The number of nitriles is 1. The summed E-state index contributed by atoms with van der Waals surface area (Å²) in [7, 11) is 0. The first-order valence-electron chi connectivity index (χ1n) is 16.2. The van der Waals surface area contributed by atoms with Crippen LogP contribution in [0, 0.1) is 23.0 Å². The van der Waals surface area contributed by atoms with Gasteiger partial charge in [0, 0.05) is 46.0 Å². The zero-order valence-electron chi connectivity index (χ0n) is 27.5. The molecule has 2 aliphatic rings. The quantitative estimate of drug-likeness (QED) is 0.176. The van der Waals surface area contributed by atoms with Gasteiger partial charge in [0.15, 0.2) is 0 Å². The number of hydrogen-bond donors (Lipinski definition) is 0. The molecular formula is C42H28BrF2N5O4. The van der Waals surface area contributed by atoms with Gasteiger partial charge < -0.3 is 9.47 Å². The van der Waals surface area contributed by atoms with Gasteiger partial charge in [0.1, 0.15) is 47.7 Å². The van der Waals surface area contributed by atoms with E-state index in [4.69, 9.17) is 9.47 Å². The first-order chi connectivity index (χ1) is 25.8. The van der Waals surface area contributed by atoms with Crippen molar-refractivity contribution in [2.45, 2.75) is 20.6 Å². The molecule has 0 bridgehead atoms. The molecule has 0 saturated carbocycles. The lowest BCUT2D eigenvalue weighted by atomic mass is 9.96. The van der Waals surface area contributed by atoms with Crippen LogP contribution in [0.3, 0.4) is 0 Å². The number of ether oxygens (including phenoxy) is 2. The highest BCUT2D eigenvalue weighted by Gasteiger charge is 2.27. The Morgan fingerprint density at radius 1 is 0.630 bits per heavy atom. The number of pyridine rings is 4. The molecule has 0 amide bonds. The number of fused-ring (bicyclic) bond motifs is 6. The van der Waals surface area contributed by atoms with Crippen molar-refractivity contribution in [1.82, 2.24) is 19.1 Å². The maximum Gasteiger partial charge on any atom is 0.269 e. The average Bonchev–Trinajstić information content (AvgIpc) is 3.19. The van der Waals surface area contributed by atoms with E-state index in [2.05, 4.69) is 32.0 Å². The third kappa shape index (κ3) is 6.35. The van der Waals surface area contributed by atoms with Crippen LogP contribution < -0.4 is 20.6 Å². The third-order valence-electron chi connectivity index (χ3n) is 8.85. The Kier molecular flexibility index (Phi) is 9.73. The summed E-state index contributed by atoms with van der Waals surface area (Å²) in [6, 6.07) is 31.4. The second kappa shape index (κ2) is 14.7. The van der Waals surface area contributed by atoms with Gasteiger partial charge >= 0.3 is 0 Å². The molecular weight excluding hydrogens is 756 g/mol. The van der Waals surface area contributed by atoms with Gasteiger partial charge in [-0.05, 0) is 107 Å². The summed E-state index contributed by atoms with van der Waals surface area (Å²) in [5.41, 5.74) is 6.03. The molecule has 54 heavy (non-hydrogen) atoms. The van der Waals surface area contributed by atoms with Crippen molar-refractivity contribution in [2.24, 2.45) is 0 Å². The molecule has 9 nitrogen and oxygen atoms in total. The molecule has 0 radical (unpaired) electrons. The molecule has 0 atom stereocenters. The summed E-state index contributed by atoms with van der Waals surface area (Å²) in [6.07, 6.45) is 3.34. The highest BCUT2D eigenvalue weighted by atomic mass is 79.9. The summed E-state index contributed by atoms with van der Waals surface area (Å²) in [5.74, 6) is 0.550. The van der Waals surface area contributed by atoms with E-state index in [0.717, 1.165) is 11.1 Å². The number of nitrogens with zero attached hydrogens (tertiary/aromatic N) is 5. The van der Waals surface area contributed by atoms with Gasteiger partial charge in [-0.1, -0.05) is 25.6 Å². The van der Waals surface area contributed by atoms with E-state index >= 15 is 0 Å². The summed E-state index contributed by atoms with van der Waals surface area (Å²) in [4.78, 5) is 35.0. The molecule has 2 aliphatic heterocycles. The van der Waals surface area contributed by atoms with Crippen molar-refractivity contribution in [2.75, 3.05) is 0 Å². The molecule has 0 saturated heterocycles. The van der Waals surface area contributed by atoms with Gasteiger partial charge in [-0.25, -0.2) is 8.78 Å². The fourth-order valence-electron chi connectivity index (χ4n) is 6.41. The van der Waals surface area contributed by atoms with Crippen LogP contribution in [0.5, 0.6) is 11.5 Å². The monoisotopic (exact) mass is 783 g/mol. The third-order valence-corrected chi connectivity index (χ3v) is 9.42. The molecule has 7 aromatic rings. The smallest absolute Gasteiger partial charge is 0.269 e. The van der Waals surface area contributed by atoms with E-state index in [1.54, 1.807) is 85.2 Å². The van der Waals surface area contributed by atoms with Crippen molar-refractivity contribution in [1.29, 1.82) is 5.26 Å². The first-order valence-corrected chi connectivity index (χ1v) is 17.0. The molecule has 3 aromatic carbocycles. The number of hydrogen-bond acceptors (Lipinski definition) is 7. The van der Waals surface area contributed by atoms with E-state index in [0.29, 0.717) is 66.8 Å². The van der Waals surface area contributed by atoms with Crippen LogP contribution in [0.2, 0.25) is 0 Å². The second-order valence-electron chi connectivity index (χ2n) is 11.9. The molecule has 9 rings (SSSR count). The fraction of sp³-hybridized carbons (Fsp3) is 0.0714. The Balaban J connectivity index is 0.000000169. The van der Waals surface area contributed by atoms with Crippen molar-refractivity contribution < 1.29 is 18.3 Å². The van der Waals surface area contributed by atoms with Crippen LogP contribution in [0.1, 0.15) is 24.4 Å². The van der Waals surface area contributed by atoms with E-state index in [-0.39, 0.29) is 37.6 Å². The highest BCUT2D eigenvalue weighted by molar-refractivity contribution is 9.10. The highest BCUT2D eigenvalue weighted by Crippen LogP contribution is 2.39. The molecule has 6 heterocycles. The Hall–Kier alpha value is -6.71. The number of aromatic nitrogens is 4. The van der Waals surface area contributed by atoms with Crippen LogP contribution in [0.15, 0.2) is 136 Å². The van der Waals surface area contributed by atoms with Gasteiger partial charge in [-0.2, -0.15) is 5.26 Å². The molecule has 4 aromatic heterocycles. The summed E-state index contributed by atoms with van der Waals surface area (Å²) in [5, 5.41) is 9.55. The lowest BCUT2D eigenvalue weighted by Gasteiger charge is -2.24. The van der Waals surface area contributed by atoms with Crippen LogP contribution in [-0.2, 0) is 13.2 Å². The zero-order valence-corrected chi connectivity index (χ0v) is 29.1. The molecule has 0 unspecified atom stereocenters. The molecule has 266 valence electrons. The molecule has 12 heteroatoms. The minimum Gasteiger partial charge on any atom is -0.485 e. The largest absolute Gasteiger partial charge is 0.485 e. The standard InChI is InChI=1S/C24H14FN3O2.C17H10BrFN2O2.CH4/c25-16-7-9-17(10-8-16)28-21-14-30-22-6-3-11-27-23(22)20(21)12-19(24(28)29)18-5-2-1-4-15(18)13-26;18-13-8-12-14(9-23-15-2-1-7-20-16(12)15)21(17(13)22)11-5-3-10(19)4-6-11;/h1-12H,14H2;1-8H,9H2;1H4. The number of rotatable bonds is 3. The molecule has 0 aliphatic carbocycles. The van der Waals surface area contributed by atoms with Crippen LogP contribution in [0.25, 0.3) is 45.0 Å². The van der Waals surface area contributed by atoms with Gasteiger partial charge in [0.05, 0.1) is 27.5 Å². The van der Waals surface area contributed by atoms with E-state index in [9.17, 15) is 23.6 Å². The summed E-state index contributed by atoms with van der Waals surface area (Å²) in [6.45, 7) is 0.411. The van der Waals surface area contributed by atoms with E-state index < -0.39 is 5.82 Å². The predicted octanol–water partition coefficient (Wildman–Crippen LogP) is 8.80. The lowest BCUT2D eigenvalue weighted by molar-refractivity contribution is 0.292. The van der Waals surface area contributed by atoms with Gasteiger partial charge in [0.2, 0.25) is 0 Å². The Morgan fingerprint density at radius 2 is 1.13 bits per heavy atom. The average molecular weight is 785 g/mol. The van der Waals surface area contributed by atoms with Gasteiger partial charge in [-0.15, -0.1) is 0 Å². The minimum absolute atomic E-state index is 0. The van der Waals surface area contributed by atoms with Gasteiger partial charge in [0.25, 0.3) is 11.1 Å². The Bertz CT molecular complexity index is 2720. The Morgan fingerprint density at radius 3 is 1.67 bits per heavy atom. The maximum absolute atomic E-state index is 13.6. The second-order valence-corrected chi connectivity index (χ2v) is 12.8. The SMILES string of the molecule is C.N#Cc1ccccc1-c1cc2c(n(-c3ccc(F)cc3)c1=O)COc1cccnc1-2.O=c1c(Br)cc2c(n1-c1ccc(F)cc1)COc1cccnc1-2. The summed E-state index contributed by atoms with van der Waals surface area (Å²) >= 11 is 3.31. The van der Waals surface area contributed by atoms with Gasteiger partial charge in [-0.3, -0.25) is 28.7 Å². The molecule has 0 N–H and O–H groups in total. The zero-order chi connectivity index (χ0) is 36.6. The van der Waals surface area contributed by atoms with Crippen molar-refractivity contribution in [3.8, 4) is 62.6 Å². The van der Waals surface area contributed by atoms with Crippen molar-refractivity contribution in [3.05, 3.63) is 175 Å². The molecule has 0 fully saturated rings. The Labute approximate surface area is 316 Å². The van der Waals surface area contributed by atoms with Crippen LogP contribution in [0.4, 0.5) is 8.78 Å². The predicted molar refractivity (Wildman–Crippen MR) is 204 cm³/mol. The van der Waals surface area contributed by atoms with E-state index in [1.807, 2.05) is 12.1 Å². The lowest BCUT2D eigenvalue weighted by Crippen LogP contribution is -2.27. The van der Waals surface area contributed by atoms with Crippen molar-refractivity contribution in [3.63, 3.8) is 0 Å². The fourth-order valence-corrected chi connectivity index (χ4v) is 6.82. The molecule has 0 spiro atoms. The van der Waals surface area contributed by atoms with Crippen molar-refractivity contribution >= 4 is 15.9 Å². The normalized spacial score (nSPS) is 11.7. The first kappa shape index (κ1) is 35.7. The topological polar surface area (TPSA) is 112 Å².